The number of anilines is 1. The number of nitrogens with zero attached hydrogens (tertiary/aromatic N) is 2. The summed E-state index contributed by atoms with van der Waals surface area (Å²) in [5, 5.41) is 3.17. The van der Waals surface area contributed by atoms with Crippen molar-refractivity contribution >= 4 is 5.82 Å². The molecule has 0 aromatic carbocycles. The molecule has 0 atom stereocenters. The van der Waals surface area contributed by atoms with Crippen LogP contribution in [0.1, 0.15) is 0 Å². The number of nitrogens with one attached hydrogen (secondary N) is 1. The molecule has 1 N–H and O–H groups in total. The van der Waals surface area contributed by atoms with Crippen molar-refractivity contribution in [2.45, 2.75) is 6.10 Å². The first-order valence-electron chi connectivity index (χ1n) is 4.77. The molecule has 1 aromatic rings. The number of pyridine rings is 1. The van der Waals surface area contributed by atoms with Crippen molar-refractivity contribution in [3.8, 4) is 5.75 Å². The van der Waals surface area contributed by atoms with E-state index in [0.717, 1.165) is 24.7 Å². The van der Waals surface area contributed by atoms with Crippen LogP contribution in [-0.2, 0) is 0 Å². The number of hydrogen-bond acceptors (Lipinski definition) is 4. The van der Waals surface area contributed by atoms with Crippen LogP contribution in [0.5, 0.6) is 5.75 Å². The van der Waals surface area contributed by atoms with Gasteiger partial charge in [-0.3, -0.25) is 0 Å². The molecular formula is C10H15N3O. The van der Waals surface area contributed by atoms with Crippen LogP contribution in [0.3, 0.4) is 0 Å². The molecule has 14 heavy (non-hydrogen) atoms. The SMILES string of the molecule is CN(C)c1ncccc1OC1CNC1. The lowest BCUT2D eigenvalue weighted by Gasteiger charge is -2.29. The number of aromatic nitrogens is 1. The summed E-state index contributed by atoms with van der Waals surface area (Å²) in [5.74, 6) is 1.75. The topological polar surface area (TPSA) is 37.4 Å². The van der Waals surface area contributed by atoms with Crippen LogP contribution in [0.2, 0.25) is 0 Å². The molecule has 2 heterocycles. The Kier molecular flexibility index (Phi) is 2.54. The molecule has 1 fully saturated rings. The number of rotatable bonds is 3. The molecule has 1 aliphatic heterocycles. The lowest BCUT2D eigenvalue weighted by atomic mass is 10.2. The minimum atomic E-state index is 0.304. The van der Waals surface area contributed by atoms with Gasteiger partial charge in [-0.05, 0) is 12.1 Å². The maximum atomic E-state index is 5.78. The summed E-state index contributed by atoms with van der Waals surface area (Å²) in [6.45, 7) is 1.86. The van der Waals surface area contributed by atoms with E-state index >= 15 is 0 Å². The molecule has 4 nitrogen and oxygen atoms in total. The van der Waals surface area contributed by atoms with E-state index in [-0.39, 0.29) is 0 Å². The number of ether oxygens (including phenoxy) is 1. The molecule has 0 amide bonds. The number of hydrogen-bond donors (Lipinski definition) is 1. The molecule has 0 radical (unpaired) electrons. The van der Waals surface area contributed by atoms with Crippen molar-refractivity contribution in [1.29, 1.82) is 0 Å². The standard InChI is InChI=1S/C10H15N3O/c1-13(2)10-9(4-3-5-12-10)14-8-6-11-7-8/h3-5,8,11H,6-7H2,1-2H3. The van der Waals surface area contributed by atoms with Crippen molar-refractivity contribution < 1.29 is 4.74 Å². The fourth-order valence-electron chi connectivity index (χ4n) is 1.34. The predicted octanol–water partition coefficient (Wildman–Crippen LogP) is 0.498. The van der Waals surface area contributed by atoms with Crippen LogP contribution in [0.25, 0.3) is 0 Å². The van der Waals surface area contributed by atoms with Crippen LogP contribution >= 0.6 is 0 Å². The highest BCUT2D eigenvalue weighted by Crippen LogP contribution is 2.24. The highest BCUT2D eigenvalue weighted by atomic mass is 16.5. The average Bonchev–Trinajstić information content (AvgIpc) is 2.12. The van der Waals surface area contributed by atoms with E-state index in [1.54, 1.807) is 6.20 Å². The van der Waals surface area contributed by atoms with Gasteiger partial charge in [0.05, 0.1) is 0 Å². The van der Waals surface area contributed by atoms with Crippen molar-refractivity contribution in [3.05, 3.63) is 18.3 Å². The summed E-state index contributed by atoms with van der Waals surface area (Å²) in [6.07, 6.45) is 2.08. The van der Waals surface area contributed by atoms with Crippen LogP contribution in [0, 0.1) is 0 Å². The second-order valence-corrected chi connectivity index (χ2v) is 3.62. The van der Waals surface area contributed by atoms with Crippen molar-refractivity contribution in [3.63, 3.8) is 0 Å². The van der Waals surface area contributed by atoms with E-state index < -0.39 is 0 Å². The molecule has 0 unspecified atom stereocenters. The molecule has 4 heteroatoms. The third-order valence-corrected chi connectivity index (χ3v) is 2.21. The summed E-state index contributed by atoms with van der Waals surface area (Å²) in [5.41, 5.74) is 0. The summed E-state index contributed by atoms with van der Waals surface area (Å²) in [7, 11) is 3.93. The van der Waals surface area contributed by atoms with Gasteiger partial charge in [-0.2, -0.15) is 0 Å². The minimum absolute atomic E-state index is 0.304. The second kappa shape index (κ2) is 3.84. The first-order valence-corrected chi connectivity index (χ1v) is 4.77. The molecule has 1 aromatic heterocycles. The van der Waals surface area contributed by atoms with Gasteiger partial charge in [0.1, 0.15) is 6.10 Å². The summed E-state index contributed by atoms with van der Waals surface area (Å²) in [4.78, 5) is 6.23. The first kappa shape index (κ1) is 9.27. The van der Waals surface area contributed by atoms with Crippen molar-refractivity contribution in [1.82, 2.24) is 10.3 Å². The zero-order chi connectivity index (χ0) is 9.97. The smallest absolute Gasteiger partial charge is 0.170 e. The molecule has 1 saturated heterocycles. The highest BCUT2D eigenvalue weighted by Gasteiger charge is 2.20. The quantitative estimate of drug-likeness (QED) is 0.758. The van der Waals surface area contributed by atoms with Gasteiger partial charge in [-0.1, -0.05) is 0 Å². The van der Waals surface area contributed by atoms with E-state index in [1.165, 1.54) is 0 Å². The highest BCUT2D eigenvalue weighted by molar-refractivity contribution is 5.50. The van der Waals surface area contributed by atoms with Crippen molar-refractivity contribution in [2.75, 3.05) is 32.1 Å². The Morgan fingerprint density at radius 1 is 1.50 bits per heavy atom. The largest absolute Gasteiger partial charge is 0.484 e. The fourth-order valence-corrected chi connectivity index (χ4v) is 1.34. The molecule has 1 aliphatic rings. The fraction of sp³-hybridized carbons (Fsp3) is 0.500. The van der Waals surface area contributed by atoms with Gasteiger partial charge in [0.2, 0.25) is 0 Å². The van der Waals surface area contributed by atoms with Gasteiger partial charge in [0.15, 0.2) is 11.6 Å². The zero-order valence-electron chi connectivity index (χ0n) is 8.53. The Bertz CT molecular complexity index is 310. The Labute approximate surface area is 83.9 Å². The molecule has 0 saturated carbocycles. The van der Waals surface area contributed by atoms with Crippen LogP contribution in [-0.4, -0.2) is 38.3 Å². The second-order valence-electron chi connectivity index (χ2n) is 3.62. The lowest BCUT2D eigenvalue weighted by Crippen LogP contribution is -2.50. The third-order valence-electron chi connectivity index (χ3n) is 2.21. The normalized spacial score (nSPS) is 16.1. The zero-order valence-corrected chi connectivity index (χ0v) is 8.53. The van der Waals surface area contributed by atoms with Crippen molar-refractivity contribution in [2.24, 2.45) is 0 Å². The Morgan fingerprint density at radius 3 is 2.86 bits per heavy atom. The molecular weight excluding hydrogens is 178 g/mol. The summed E-state index contributed by atoms with van der Waals surface area (Å²) >= 11 is 0. The lowest BCUT2D eigenvalue weighted by molar-refractivity contribution is 0.142. The van der Waals surface area contributed by atoms with Gasteiger partial charge in [0, 0.05) is 33.4 Å². The van der Waals surface area contributed by atoms with E-state index in [9.17, 15) is 0 Å². The Balaban J connectivity index is 2.13. The Hall–Kier alpha value is -1.29. The monoisotopic (exact) mass is 193 g/mol. The van der Waals surface area contributed by atoms with Gasteiger partial charge in [0.25, 0.3) is 0 Å². The van der Waals surface area contributed by atoms with E-state index in [4.69, 9.17) is 4.74 Å². The minimum Gasteiger partial charge on any atom is -0.484 e. The first-order chi connectivity index (χ1) is 6.77. The van der Waals surface area contributed by atoms with Crippen LogP contribution in [0.15, 0.2) is 18.3 Å². The maximum absolute atomic E-state index is 5.78. The summed E-state index contributed by atoms with van der Waals surface area (Å²) < 4.78 is 5.78. The molecule has 76 valence electrons. The van der Waals surface area contributed by atoms with Crippen LogP contribution < -0.4 is 15.0 Å². The van der Waals surface area contributed by atoms with E-state index in [0.29, 0.717) is 6.10 Å². The molecule has 0 bridgehead atoms. The Morgan fingerprint density at radius 2 is 2.29 bits per heavy atom. The third kappa shape index (κ3) is 1.80. The van der Waals surface area contributed by atoms with Gasteiger partial charge in [-0.25, -0.2) is 4.98 Å². The van der Waals surface area contributed by atoms with Gasteiger partial charge < -0.3 is 15.0 Å². The van der Waals surface area contributed by atoms with Gasteiger partial charge >= 0.3 is 0 Å². The predicted molar refractivity (Wildman–Crippen MR) is 55.8 cm³/mol. The molecule has 0 spiro atoms. The van der Waals surface area contributed by atoms with Crippen LogP contribution in [0.4, 0.5) is 5.82 Å². The summed E-state index contributed by atoms with van der Waals surface area (Å²) in [6, 6.07) is 3.86. The average molecular weight is 193 g/mol. The molecule has 0 aliphatic carbocycles. The van der Waals surface area contributed by atoms with E-state index in [2.05, 4.69) is 10.3 Å². The van der Waals surface area contributed by atoms with Gasteiger partial charge in [-0.15, -0.1) is 0 Å². The van der Waals surface area contributed by atoms with E-state index in [1.807, 2.05) is 31.1 Å². The maximum Gasteiger partial charge on any atom is 0.170 e. The molecule has 2 rings (SSSR count).